The van der Waals surface area contributed by atoms with Gasteiger partial charge in [0.1, 0.15) is 0 Å². The SMILES string of the molecule is CCCc1ccc2c(c1)c1ccccc1n2-c1ccc(-c2ccc3ccc4ccc(-c5ccc(-n6c7ccccc7c7cc(CCC)ccc76)cc5)nc4c3n2)cc1.CCc1ccc2c(c1)c1ccccc1n2-c1ccc(-c2nc3c(ccc4cc(-c5ccc6c(c5)C(C)(C)c5ccccc5-6)c(-c5ccc(-n6c7ccccc7c7ccccc76)cc5)nc43)cc2-c2ccc3c(c2)C(C)(C)c2ccccc2-3)cc1. The van der Waals surface area contributed by atoms with Crippen molar-refractivity contribution in [1.82, 2.24) is 38.2 Å². The van der Waals surface area contributed by atoms with Crippen LogP contribution >= 0.6 is 0 Å². The summed E-state index contributed by atoms with van der Waals surface area (Å²) in [5.41, 5.74) is 44.6. The number of hydrogen-bond acceptors (Lipinski definition) is 4. The molecule has 0 atom stereocenters. The van der Waals surface area contributed by atoms with Gasteiger partial charge >= 0.3 is 0 Å². The first-order valence-corrected chi connectivity index (χ1v) is 50.2. The molecule has 0 aliphatic heterocycles. The van der Waals surface area contributed by atoms with E-state index in [9.17, 15) is 0 Å². The highest BCUT2D eigenvalue weighted by molar-refractivity contribution is 6.15. The summed E-state index contributed by atoms with van der Waals surface area (Å²) in [6.07, 6.45) is 5.45. The highest BCUT2D eigenvalue weighted by Crippen LogP contribution is 2.54. The van der Waals surface area contributed by atoms with Gasteiger partial charge in [0, 0.05) is 132 Å². The third-order valence-corrected chi connectivity index (χ3v) is 31.0. The molecule has 0 amide bonds. The minimum absolute atomic E-state index is 0.163. The number of pyridine rings is 4. The quantitative estimate of drug-likeness (QED) is 0.0959. The molecule has 0 saturated heterocycles. The van der Waals surface area contributed by atoms with Crippen molar-refractivity contribution in [2.24, 2.45) is 0 Å². The molecule has 26 aromatic rings. The zero-order valence-corrected chi connectivity index (χ0v) is 80.5. The Labute approximate surface area is 824 Å². The smallest absolute Gasteiger partial charge is 0.0972 e. The molecule has 0 unspecified atom stereocenters. The van der Waals surface area contributed by atoms with Gasteiger partial charge in [-0.1, -0.05) is 328 Å². The Hall–Kier alpha value is -17.2. The first kappa shape index (κ1) is 84.1. The molecule has 0 fully saturated rings. The van der Waals surface area contributed by atoms with Gasteiger partial charge in [-0.3, -0.25) is 0 Å². The molecule has 8 heterocycles. The van der Waals surface area contributed by atoms with Crippen molar-refractivity contribution < 1.29 is 0 Å². The van der Waals surface area contributed by atoms with E-state index in [0.717, 1.165) is 166 Å². The number of rotatable bonds is 15. The Morgan fingerprint density at radius 3 is 0.845 bits per heavy atom. The van der Waals surface area contributed by atoms with Crippen LogP contribution in [0.1, 0.15) is 100 Å². The zero-order valence-electron chi connectivity index (χ0n) is 80.5. The van der Waals surface area contributed by atoms with Gasteiger partial charge in [-0.25, -0.2) is 19.9 Å². The molecule has 18 aromatic carbocycles. The monoisotopic (exact) mass is 1820 g/mol. The van der Waals surface area contributed by atoms with Gasteiger partial charge in [0.05, 0.1) is 89.0 Å². The first-order chi connectivity index (χ1) is 69.7. The number of aryl methyl sites for hydroxylation is 3. The van der Waals surface area contributed by atoms with Crippen molar-refractivity contribution in [1.29, 1.82) is 0 Å². The summed E-state index contributed by atoms with van der Waals surface area (Å²) in [4.78, 5) is 22.3. The largest absolute Gasteiger partial charge is 0.309 e. The molecule has 676 valence electrons. The van der Waals surface area contributed by atoms with Crippen LogP contribution in [0.5, 0.6) is 0 Å². The number of hydrogen-bond donors (Lipinski definition) is 0. The van der Waals surface area contributed by atoms with E-state index in [2.05, 4.69) is 485 Å². The van der Waals surface area contributed by atoms with Gasteiger partial charge in [-0.15, -0.1) is 0 Å². The molecule has 2 aliphatic carbocycles. The normalized spacial score (nSPS) is 13.0. The lowest BCUT2D eigenvalue weighted by atomic mass is 9.81. The molecule has 8 heteroatoms. The lowest BCUT2D eigenvalue weighted by Crippen LogP contribution is -2.15. The highest BCUT2D eigenvalue weighted by atomic mass is 15.0. The van der Waals surface area contributed by atoms with Crippen molar-refractivity contribution in [2.75, 3.05) is 0 Å². The van der Waals surface area contributed by atoms with Crippen LogP contribution in [0, 0.1) is 0 Å². The molecule has 8 aromatic heterocycles. The van der Waals surface area contributed by atoms with Crippen LogP contribution in [-0.2, 0) is 30.1 Å². The van der Waals surface area contributed by atoms with Gasteiger partial charge in [0.25, 0.3) is 0 Å². The summed E-state index contributed by atoms with van der Waals surface area (Å²) < 4.78 is 9.57. The van der Waals surface area contributed by atoms with E-state index in [4.69, 9.17) is 19.9 Å². The number of nitrogens with zero attached hydrogens (tertiary/aromatic N) is 8. The minimum atomic E-state index is -0.164. The molecule has 0 radical (unpaired) electrons. The van der Waals surface area contributed by atoms with Crippen LogP contribution in [0.25, 0.3) is 243 Å². The third kappa shape index (κ3) is 13.4. The van der Waals surface area contributed by atoms with Crippen LogP contribution in [0.2, 0.25) is 0 Å². The van der Waals surface area contributed by atoms with Gasteiger partial charge in [-0.2, -0.15) is 0 Å². The Morgan fingerprint density at radius 2 is 0.486 bits per heavy atom. The maximum absolute atomic E-state index is 5.89. The Morgan fingerprint density at radius 1 is 0.204 bits per heavy atom. The van der Waals surface area contributed by atoms with E-state index >= 15 is 0 Å². The number of benzene rings is 18. The summed E-state index contributed by atoms with van der Waals surface area (Å²) in [5, 5.41) is 14.5. The van der Waals surface area contributed by atoms with Gasteiger partial charge < -0.3 is 18.3 Å². The lowest BCUT2D eigenvalue weighted by molar-refractivity contribution is 0.660. The molecule has 142 heavy (non-hydrogen) atoms. The molecule has 8 nitrogen and oxygen atoms in total. The Kier molecular flexibility index (Phi) is 19.6. The van der Waals surface area contributed by atoms with E-state index in [1.165, 1.54) is 148 Å². The van der Waals surface area contributed by atoms with E-state index in [-0.39, 0.29) is 10.8 Å². The summed E-state index contributed by atoms with van der Waals surface area (Å²) >= 11 is 0. The van der Waals surface area contributed by atoms with Crippen LogP contribution in [0.15, 0.2) is 419 Å². The van der Waals surface area contributed by atoms with Crippen LogP contribution in [-0.4, -0.2) is 38.2 Å². The topological polar surface area (TPSA) is 71.3 Å². The average Bonchev–Trinajstić information content (AvgIpc) is 1.75. The van der Waals surface area contributed by atoms with Crippen molar-refractivity contribution in [3.05, 3.63) is 458 Å². The average molecular weight is 1820 g/mol. The summed E-state index contributed by atoms with van der Waals surface area (Å²) in [6.45, 7) is 16.2. The predicted octanol–water partition coefficient (Wildman–Crippen LogP) is 35.0. The van der Waals surface area contributed by atoms with Crippen LogP contribution < -0.4 is 0 Å². The Balaban J connectivity index is 0.000000152. The molecule has 2 aliphatic rings. The van der Waals surface area contributed by atoms with Crippen molar-refractivity contribution in [2.45, 2.75) is 91.4 Å². The van der Waals surface area contributed by atoms with Crippen molar-refractivity contribution >= 4 is 131 Å². The Bertz CT molecular complexity index is 9440. The lowest BCUT2D eigenvalue weighted by Gasteiger charge is -2.22. The van der Waals surface area contributed by atoms with Gasteiger partial charge in [0.2, 0.25) is 0 Å². The van der Waals surface area contributed by atoms with E-state index in [1.807, 2.05) is 0 Å². The zero-order chi connectivity index (χ0) is 94.9. The summed E-state index contributed by atoms with van der Waals surface area (Å²) in [5.74, 6) is 0. The molecule has 0 saturated carbocycles. The maximum Gasteiger partial charge on any atom is 0.0972 e. The first-order valence-electron chi connectivity index (χ1n) is 50.2. The second-order valence-corrected chi connectivity index (χ2v) is 40.0. The fourth-order valence-corrected chi connectivity index (χ4v) is 23.9. The molecule has 0 N–H and O–H groups in total. The highest BCUT2D eigenvalue weighted by Gasteiger charge is 2.38. The summed E-state index contributed by atoms with van der Waals surface area (Å²) in [7, 11) is 0. The van der Waals surface area contributed by atoms with E-state index in [1.54, 1.807) is 0 Å². The minimum Gasteiger partial charge on any atom is -0.309 e. The van der Waals surface area contributed by atoms with Crippen molar-refractivity contribution in [3.8, 4) is 112 Å². The van der Waals surface area contributed by atoms with Crippen LogP contribution in [0.4, 0.5) is 0 Å². The fraction of sp³-hybridized carbons (Fsp3) is 0.104. The third-order valence-electron chi connectivity index (χ3n) is 31.0. The number of aromatic nitrogens is 8. The second kappa shape index (κ2) is 33.0. The molecule has 28 rings (SSSR count). The van der Waals surface area contributed by atoms with E-state index < -0.39 is 0 Å². The van der Waals surface area contributed by atoms with Gasteiger partial charge in [-0.05, 0) is 243 Å². The van der Waals surface area contributed by atoms with Crippen LogP contribution in [0.3, 0.4) is 0 Å². The maximum atomic E-state index is 5.89. The number of para-hydroxylation sites is 5. The summed E-state index contributed by atoms with van der Waals surface area (Å²) in [6, 6.07) is 154. The fourth-order valence-electron chi connectivity index (χ4n) is 23.9. The van der Waals surface area contributed by atoms with E-state index in [0.29, 0.717) is 0 Å². The molecule has 0 spiro atoms. The molecular formula is C134H100N8. The number of fused-ring (bicyclic) bond motifs is 24. The van der Waals surface area contributed by atoms with Crippen molar-refractivity contribution in [3.63, 3.8) is 0 Å². The molecular weight excluding hydrogens is 1720 g/mol. The van der Waals surface area contributed by atoms with Gasteiger partial charge in [0.15, 0.2) is 0 Å². The predicted molar refractivity (Wildman–Crippen MR) is 597 cm³/mol. The second-order valence-electron chi connectivity index (χ2n) is 40.0. The molecule has 0 bridgehead atoms. The standard InChI is InChI=1S/C80H58N4.C54H42N4/c1-6-48-27-42-74-66(43-48)63-21-11-16-26-73(63)84(74)56-38-32-50(33-39-56)76-65(52-35-41-60-58-18-8-13-23-68(58)80(4,5)70(60)47-52)45-54-29-28-53-44-64(51-34-40-59-57-17-7-12-22-67(57)79(2,3)69(59)46-51)75(81-77(53)78(54)82-76)49-30-36-55(37-31-49)83-71-24-14-9-19-61(71)62-20-10-15-25-72(62)83;1-3-9-35-15-31-51-45(33-35)43-11-5-7-13-49(43)57(51)41-25-19-37(20-26-41)47-29-23-39-17-18-40-24-30-48(56-54(40)53(39)55-47)38-21-27-42(28-22-38)58-50-14-8-6-12-44(50)46-34-36(10-4-2)16-32-52(46)58/h7-47H,6H2,1-5H3;5-8,11-34H,3-4,9-10H2,1-2H3.